The molecule has 1 heterocycles. The molecule has 114 valence electrons. The van der Waals surface area contributed by atoms with Crippen LogP contribution in [0.1, 0.15) is 25.8 Å². The van der Waals surface area contributed by atoms with Gasteiger partial charge in [0.15, 0.2) is 11.5 Å². The van der Waals surface area contributed by atoms with E-state index in [0.717, 1.165) is 11.3 Å². The summed E-state index contributed by atoms with van der Waals surface area (Å²) < 4.78 is 10.6. The Balaban J connectivity index is 1.93. The number of rotatable bonds is 6. The molecular weight excluding hydrogens is 272 g/mol. The van der Waals surface area contributed by atoms with E-state index in [1.54, 1.807) is 11.8 Å². The molecule has 6 heteroatoms. The lowest BCUT2D eigenvalue weighted by atomic mass is 10.2. The molecule has 1 aromatic rings. The van der Waals surface area contributed by atoms with Gasteiger partial charge in [-0.3, -0.25) is 9.59 Å². The van der Waals surface area contributed by atoms with Crippen LogP contribution in [0.15, 0.2) is 18.2 Å². The van der Waals surface area contributed by atoms with Crippen LogP contribution in [0.4, 0.5) is 0 Å². The van der Waals surface area contributed by atoms with E-state index in [1.165, 1.54) is 6.92 Å². The van der Waals surface area contributed by atoms with Crippen LogP contribution in [0.3, 0.4) is 0 Å². The van der Waals surface area contributed by atoms with E-state index in [-0.39, 0.29) is 18.6 Å². The van der Waals surface area contributed by atoms with Crippen molar-refractivity contribution in [2.24, 2.45) is 0 Å². The summed E-state index contributed by atoms with van der Waals surface area (Å²) in [7, 11) is 0. The standard InChI is InChI=1S/C15H20N2O4/c1-3-15(19)16-6-7-17(11(2)18)9-12-4-5-13-14(8-12)21-10-20-13/h4-5,8H,3,6-7,9-10H2,1-2H3,(H,16,19). The minimum Gasteiger partial charge on any atom is -0.454 e. The zero-order valence-corrected chi connectivity index (χ0v) is 12.3. The van der Waals surface area contributed by atoms with Crippen molar-refractivity contribution in [3.63, 3.8) is 0 Å². The van der Waals surface area contributed by atoms with E-state index in [1.807, 2.05) is 18.2 Å². The minimum absolute atomic E-state index is 0.0124. The number of nitrogens with zero attached hydrogens (tertiary/aromatic N) is 1. The van der Waals surface area contributed by atoms with Crippen LogP contribution in [0.5, 0.6) is 11.5 Å². The molecular formula is C15H20N2O4. The van der Waals surface area contributed by atoms with Gasteiger partial charge in [-0.1, -0.05) is 13.0 Å². The average molecular weight is 292 g/mol. The fourth-order valence-electron chi connectivity index (χ4n) is 2.06. The predicted octanol–water partition coefficient (Wildman–Crippen LogP) is 1.29. The third-order valence-corrected chi connectivity index (χ3v) is 3.28. The molecule has 0 spiro atoms. The smallest absolute Gasteiger partial charge is 0.231 e. The highest BCUT2D eigenvalue weighted by molar-refractivity contribution is 5.76. The van der Waals surface area contributed by atoms with Gasteiger partial charge in [-0.05, 0) is 17.7 Å². The molecule has 1 aliphatic rings. The second-order valence-corrected chi connectivity index (χ2v) is 4.83. The Kier molecular flexibility index (Phi) is 5.03. The van der Waals surface area contributed by atoms with Crippen molar-refractivity contribution in [1.82, 2.24) is 10.2 Å². The summed E-state index contributed by atoms with van der Waals surface area (Å²) >= 11 is 0. The summed E-state index contributed by atoms with van der Waals surface area (Å²) in [5.41, 5.74) is 0.969. The van der Waals surface area contributed by atoms with Crippen LogP contribution in [-0.2, 0) is 16.1 Å². The van der Waals surface area contributed by atoms with Gasteiger partial charge in [-0.2, -0.15) is 0 Å². The third kappa shape index (κ3) is 4.11. The monoisotopic (exact) mass is 292 g/mol. The van der Waals surface area contributed by atoms with Gasteiger partial charge in [0.05, 0.1) is 0 Å². The van der Waals surface area contributed by atoms with Gasteiger partial charge in [0, 0.05) is 33.0 Å². The lowest BCUT2D eigenvalue weighted by molar-refractivity contribution is -0.130. The van der Waals surface area contributed by atoms with E-state index in [4.69, 9.17) is 9.47 Å². The molecule has 0 saturated carbocycles. The van der Waals surface area contributed by atoms with Gasteiger partial charge in [0.25, 0.3) is 0 Å². The largest absolute Gasteiger partial charge is 0.454 e. The summed E-state index contributed by atoms with van der Waals surface area (Å²) in [5.74, 6) is 1.39. The molecule has 0 unspecified atom stereocenters. The maximum atomic E-state index is 11.7. The Labute approximate surface area is 124 Å². The molecule has 2 amide bonds. The number of hydrogen-bond donors (Lipinski definition) is 1. The number of fused-ring (bicyclic) bond motifs is 1. The van der Waals surface area contributed by atoms with Crippen molar-refractivity contribution >= 4 is 11.8 Å². The average Bonchev–Trinajstić information content (AvgIpc) is 2.93. The van der Waals surface area contributed by atoms with E-state index in [2.05, 4.69) is 5.32 Å². The molecule has 6 nitrogen and oxygen atoms in total. The first-order valence-electron chi connectivity index (χ1n) is 7.01. The van der Waals surface area contributed by atoms with Crippen molar-refractivity contribution in [3.05, 3.63) is 23.8 Å². The minimum atomic E-state index is -0.0292. The van der Waals surface area contributed by atoms with Crippen molar-refractivity contribution in [1.29, 1.82) is 0 Å². The molecule has 0 bridgehead atoms. The van der Waals surface area contributed by atoms with Crippen LogP contribution in [-0.4, -0.2) is 36.6 Å². The summed E-state index contributed by atoms with van der Waals surface area (Å²) in [5, 5.41) is 2.77. The third-order valence-electron chi connectivity index (χ3n) is 3.28. The summed E-state index contributed by atoms with van der Waals surface area (Å²) in [6, 6.07) is 5.63. The van der Waals surface area contributed by atoms with E-state index in [9.17, 15) is 9.59 Å². The molecule has 0 atom stereocenters. The fourth-order valence-corrected chi connectivity index (χ4v) is 2.06. The second kappa shape index (κ2) is 6.97. The van der Waals surface area contributed by atoms with Gasteiger partial charge in [-0.15, -0.1) is 0 Å². The van der Waals surface area contributed by atoms with Crippen LogP contribution >= 0.6 is 0 Å². The van der Waals surface area contributed by atoms with Crippen molar-refractivity contribution in [2.75, 3.05) is 19.9 Å². The Hall–Kier alpha value is -2.24. The lowest BCUT2D eigenvalue weighted by Gasteiger charge is -2.21. The first kappa shape index (κ1) is 15.2. The Morgan fingerprint density at radius 3 is 2.76 bits per heavy atom. The van der Waals surface area contributed by atoms with Gasteiger partial charge >= 0.3 is 0 Å². The highest BCUT2D eigenvalue weighted by Gasteiger charge is 2.15. The quantitative estimate of drug-likeness (QED) is 0.858. The number of amides is 2. The van der Waals surface area contributed by atoms with Crippen molar-refractivity contribution in [3.8, 4) is 11.5 Å². The van der Waals surface area contributed by atoms with Crippen LogP contribution in [0.2, 0.25) is 0 Å². The SMILES string of the molecule is CCC(=O)NCCN(Cc1ccc2c(c1)OCO2)C(C)=O. The zero-order valence-electron chi connectivity index (χ0n) is 12.3. The number of hydrogen-bond acceptors (Lipinski definition) is 4. The topological polar surface area (TPSA) is 67.9 Å². The van der Waals surface area contributed by atoms with Crippen molar-refractivity contribution in [2.45, 2.75) is 26.8 Å². The van der Waals surface area contributed by atoms with Crippen LogP contribution < -0.4 is 14.8 Å². The van der Waals surface area contributed by atoms with Gasteiger partial charge in [0.1, 0.15) is 0 Å². The molecule has 1 aromatic carbocycles. The number of ether oxygens (including phenoxy) is 2. The van der Waals surface area contributed by atoms with Crippen LogP contribution in [0, 0.1) is 0 Å². The molecule has 0 aromatic heterocycles. The fraction of sp³-hybridized carbons (Fsp3) is 0.467. The first-order chi connectivity index (χ1) is 10.1. The van der Waals surface area contributed by atoms with Gasteiger partial charge in [0.2, 0.25) is 18.6 Å². The molecule has 2 rings (SSSR count). The first-order valence-corrected chi connectivity index (χ1v) is 7.01. The number of carbonyl (C=O) groups is 2. The maximum Gasteiger partial charge on any atom is 0.231 e. The number of nitrogens with one attached hydrogen (secondary N) is 1. The number of carbonyl (C=O) groups excluding carboxylic acids is 2. The summed E-state index contributed by atoms with van der Waals surface area (Å²) in [6.45, 7) is 4.97. The summed E-state index contributed by atoms with van der Waals surface area (Å²) in [4.78, 5) is 24.6. The van der Waals surface area contributed by atoms with E-state index >= 15 is 0 Å². The molecule has 21 heavy (non-hydrogen) atoms. The van der Waals surface area contributed by atoms with Gasteiger partial charge < -0.3 is 19.7 Å². The number of benzene rings is 1. The lowest BCUT2D eigenvalue weighted by Crippen LogP contribution is -2.36. The maximum absolute atomic E-state index is 11.7. The predicted molar refractivity (Wildman–Crippen MR) is 77.0 cm³/mol. The van der Waals surface area contributed by atoms with E-state index in [0.29, 0.717) is 31.8 Å². The zero-order chi connectivity index (χ0) is 15.2. The Bertz CT molecular complexity index is 530. The molecule has 1 aliphatic heterocycles. The van der Waals surface area contributed by atoms with Crippen LogP contribution in [0.25, 0.3) is 0 Å². The second-order valence-electron chi connectivity index (χ2n) is 4.83. The Morgan fingerprint density at radius 1 is 1.29 bits per heavy atom. The van der Waals surface area contributed by atoms with Crippen molar-refractivity contribution < 1.29 is 19.1 Å². The highest BCUT2D eigenvalue weighted by Crippen LogP contribution is 2.32. The van der Waals surface area contributed by atoms with E-state index < -0.39 is 0 Å². The molecule has 0 saturated heterocycles. The molecule has 0 fully saturated rings. The Morgan fingerprint density at radius 2 is 2.05 bits per heavy atom. The molecule has 0 aliphatic carbocycles. The summed E-state index contributed by atoms with van der Waals surface area (Å²) in [6.07, 6.45) is 0.447. The highest BCUT2D eigenvalue weighted by atomic mass is 16.7. The molecule has 1 N–H and O–H groups in total. The molecule has 0 radical (unpaired) electrons. The normalized spacial score (nSPS) is 12.1. The van der Waals surface area contributed by atoms with Gasteiger partial charge in [-0.25, -0.2) is 0 Å².